The number of ether oxygens (including phenoxy) is 2. The van der Waals surface area contributed by atoms with Crippen molar-refractivity contribution in [2.24, 2.45) is 0 Å². The summed E-state index contributed by atoms with van der Waals surface area (Å²) in [7, 11) is 3.07. The minimum Gasteiger partial charge on any atom is -0.495 e. The number of amides is 1. The topological polar surface area (TPSA) is 60.5 Å². The monoisotopic (exact) mass is 436 g/mol. The lowest BCUT2D eigenvalue weighted by Gasteiger charge is -2.12. The molecule has 6 heteroatoms. The molecule has 0 atom stereocenters. The van der Waals surface area contributed by atoms with E-state index in [1.807, 2.05) is 30.3 Å². The molecule has 0 spiro atoms. The summed E-state index contributed by atoms with van der Waals surface area (Å²) >= 11 is 3.40. The van der Waals surface area contributed by atoms with Crippen LogP contribution in [0.25, 0.3) is 0 Å². The molecule has 3 aromatic rings. The zero-order valence-corrected chi connectivity index (χ0v) is 16.9. The third-order valence-corrected chi connectivity index (χ3v) is 4.61. The Kier molecular flexibility index (Phi) is 6.30. The molecular formula is C22H17BrN2O3. The summed E-state index contributed by atoms with van der Waals surface area (Å²) < 4.78 is 11.2. The Morgan fingerprint density at radius 2 is 1.75 bits per heavy atom. The van der Waals surface area contributed by atoms with Crippen LogP contribution in [-0.2, 0) is 0 Å². The van der Waals surface area contributed by atoms with Crippen LogP contribution in [0.5, 0.6) is 11.5 Å². The van der Waals surface area contributed by atoms with E-state index in [1.54, 1.807) is 30.5 Å². The van der Waals surface area contributed by atoms with E-state index in [0.29, 0.717) is 32.9 Å². The molecule has 0 aliphatic rings. The number of carbonyl (C=O) groups excluding carboxylic acids is 1. The van der Waals surface area contributed by atoms with Gasteiger partial charge in [-0.3, -0.25) is 4.79 Å². The van der Waals surface area contributed by atoms with Gasteiger partial charge in [-0.1, -0.05) is 18.1 Å². The number of methoxy groups -OCH3 is 2. The molecule has 1 amide bonds. The summed E-state index contributed by atoms with van der Waals surface area (Å²) in [6.45, 7) is 0. The van der Waals surface area contributed by atoms with E-state index < -0.39 is 0 Å². The molecule has 1 N–H and O–H groups in total. The average Bonchev–Trinajstić information content (AvgIpc) is 2.73. The molecule has 0 fully saturated rings. The number of aromatic nitrogens is 1. The van der Waals surface area contributed by atoms with Gasteiger partial charge < -0.3 is 14.8 Å². The van der Waals surface area contributed by atoms with Crippen molar-refractivity contribution in [2.45, 2.75) is 0 Å². The number of nitrogens with one attached hydrogen (secondary N) is 1. The second-order valence-corrected chi connectivity index (χ2v) is 6.49. The summed E-state index contributed by atoms with van der Waals surface area (Å²) in [6, 6.07) is 16.2. The summed E-state index contributed by atoms with van der Waals surface area (Å²) in [5.41, 5.74) is 2.51. The fraction of sp³-hybridized carbons (Fsp3) is 0.0909. The third-order valence-electron chi connectivity index (χ3n) is 3.83. The number of benzene rings is 2. The van der Waals surface area contributed by atoms with Crippen LogP contribution in [0.2, 0.25) is 0 Å². The van der Waals surface area contributed by atoms with Gasteiger partial charge >= 0.3 is 0 Å². The molecule has 0 aliphatic heterocycles. The van der Waals surface area contributed by atoms with Crippen molar-refractivity contribution in [2.75, 3.05) is 19.5 Å². The van der Waals surface area contributed by atoms with Crippen molar-refractivity contribution in [1.29, 1.82) is 0 Å². The summed E-state index contributed by atoms with van der Waals surface area (Å²) in [4.78, 5) is 16.8. The van der Waals surface area contributed by atoms with Gasteiger partial charge in [0.15, 0.2) is 0 Å². The first-order chi connectivity index (χ1) is 13.6. The van der Waals surface area contributed by atoms with Gasteiger partial charge in [-0.2, -0.15) is 0 Å². The highest BCUT2D eigenvalue weighted by Gasteiger charge is 2.15. The number of hydrogen-bond donors (Lipinski definition) is 1. The molecule has 1 aromatic heterocycles. The standard InChI is InChI=1S/C22H17BrN2O3/c1-27-19-13-16(14-20(28-2)21(19)23)22(26)25-18-8-5-6-15(12-18)9-10-17-7-3-4-11-24-17/h3-8,11-14H,1-2H3,(H,25,26). The molecular weight excluding hydrogens is 420 g/mol. The van der Waals surface area contributed by atoms with Crippen molar-refractivity contribution in [3.63, 3.8) is 0 Å². The number of halogens is 1. The van der Waals surface area contributed by atoms with Crippen molar-refractivity contribution in [3.05, 3.63) is 82.1 Å². The molecule has 0 saturated heterocycles. The Balaban J connectivity index is 1.81. The lowest BCUT2D eigenvalue weighted by atomic mass is 10.1. The number of pyridine rings is 1. The van der Waals surface area contributed by atoms with Gasteiger partial charge in [0, 0.05) is 23.0 Å². The summed E-state index contributed by atoms with van der Waals surface area (Å²) in [5.74, 6) is 6.79. The number of anilines is 1. The highest BCUT2D eigenvalue weighted by molar-refractivity contribution is 9.10. The van der Waals surface area contributed by atoms with Crippen molar-refractivity contribution in [1.82, 2.24) is 4.98 Å². The maximum Gasteiger partial charge on any atom is 0.255 e. The Hall–Kier alpha value is -3.30. The van der Waals surface area contributed by atoms with E-state index in [-0.39, 0.29) is 5.91 Å². The molecule has 0 aliphatic carbocycles. The van der Waals surface area contributed by atoms with Crippen molar-refractivity contribution < 1.29 is 14.3 Å². The van der Waals surface area contributed by atoms with Crippen LogP contribution in [0.3, 0.4) is 0 Å². The molecule has 0 radical (unpaired) electrons. The Bertz CT molecular complexity index is 1030. The van der Waals surface area contributed by atoms with Gasteiger partial charge in [-0.25, -0.2) is 4.98 Å². The largest absolute Gasteiger partial charge is 0.495 e. The SMILES string of the molecule is COc1cc(C(=O)Nc2cccc(C#Cc3ccccn3)c2)cc(OC)c1Br. The summed E-state index contributed by atoms with van der Waals surface area (Å²) in [6.07, 6.45) is 1.70. The van der Waals surface area contributed by atoms with E-state index in [0.717, 1.165) is 5.56 Å². The van der Waals surface area contributed by atoms with Crippen LogP contribution < -0.4 is 14.8 Å². The molecule has 1 heterocycles. The highest BCUT2D eigenvalue weighted by Crippen LogP contribution is 2.35. The number of carbonyl (C=O) groups is 1. The zero-order chi connectivity index (χ0) is 19.9. The van der Waals surface area contributed by atoms with E-state index in [1.165, 1.54) is 14.2 Å². The Morgan fingerprint density at radius 1 is 1.00 bits per heavy atom. The maximum atomic E-state index is 12.7. The van der Waals surface area contributed by atoms with Crippen LogP contribution in [0, 0.1) is 11.8 Å². The van der Waals surface area contributed by atoms with Gasteiger partial charge in [-0.15, -0.1) is 0 Å². The molecule has 3 rings (SSSR count). The lowest BCUT2D eigenvalue weighted by Crippen LogP contribution is -2.12. The van der Waals surface area contributed by atoms with Crippen molar-refractivity contribution in [3.8, 4) is 23.3 Å². The Labute approximate surface area is 171 Å². The highest BCUT2D eigenvalue weighted by atomic mass is 79.9. The normalized spacial score (nSPS) is 9.82. The molecule has 28 heavy (non-hydrogen) atoms. The van der Waals surface area contributed by atoms with Gasteiger partial charge in [0.1, 0.15) is 21.7 Å². The van der Waals surface area contributed by atoms with Crippen molar-refractivity contribution >= 4 is 27.5 Å². The van der Waals surface area contributed by atoms with Gasteiger partial charge in [0.2, 0.25) is 0 Å². The molecule has 0 bridgehead atoms. The molecule has 0 unspecified atom stereocenters. The minimum absolute atomic E-state index is 0.279. The van der Waals surface area contributed by atoms with Crippen LogP contribution in [0.1, 0.15) is 21.6 Å². The van der Waals surface area contributed by atoms with Gasteiger partial charge in [0.05, 0.1) is 14.2 Å². The number of hydrogen-bond acceptors (Lipinski definition) is 4. The van der Waals surface area contributed by atoms with E-state index in [2.05, 4.69) is 38.1 Å². The molecule has 0 saturated carbocycles. The minimum atomic E-state index is -0.279. The first-order valence-corrected chi connectivity index (χ1v) is 9.16. The predicted molar refractivity (Wildman–Crippen MR) is 112 cm³/mol. The van der Waals surface area contributed by atoms with E-state index in [9.17, 15) is 4.79 Å². The van der Waals surface area contributed by atoms with Crippen LogP contribution in [-0.4, -0.2) is 25.1 Å². The predicted octanol–water partition coefficient (Wildman–Crippen LogP) is 4.51. The first kappa shape index (κ1) is 19.5. The van der Waals surface area contributed by atoms with Gasteiger partial charge in [-0.05, 0) is 64.3 Å². The first-order valence-electron chi connectivity index (χ1n) is 8.36. The molecule has 5 nitrogen and oxygen atoms in total. The van der Waals surface area contributed by atoms with E-state index in [4.69, 9.17) is 9.47 Å². The average molecular weight is 437 g/mol. The van der Waals surface area contributed by atoms with Crippen LogP contribution >= 0.6 is 15.9 Å². The second-order valence-electron chi connectivity index (χ2n) is 5.69. The maximum absolute atomic E-state index is 12.7. The molecule has 2 aromatic carbocycles. The number of nitrogens with zero attached hydrogens (tertiary/aromatic N) is 1. The lowest BCUT2D eigenvalue weighted by molar-refractivity contribution is 0.102. The second kappa shape index (κ2) is 9.07. The molecule has 140 valence electrons. The Morgan fingerprint density at radius 3 is 2.39 bits per heavy atom. The van der Waals surface area contributed by atoms with Crippen LogP contribution in [0.15, 0.2) is 65.3 Å². The fourth-order valence-electron chi connectivity index (χ4n) is 2.45. The quantitative estimate of drug-likeness (QED) is 0.611. The van der Waals surface area contributed by atoms with E-state index >= 15 is 0 Å². The third kappa shape index (κ3) is 4.70. The summed E-state index contributed by atoms with van der Waals surface area (Å²) in [5, 5.41) is 2.87. The van der Waals surface area contributed by atoms with Gasteiger partial charge in [0.25, 0.3) is 5.91 Å². The fourth-order valence-corrected chi connectivity index (χ4v) is 3.00. The zero-order valence-electron chi connectivity index (χ0n) is 15.3. The number of rotatable bonds is 4. The smallest absolute Gasteiger partial charge is 0.255 e. The van der Waals surface area contributed by atoms with Crippen LogP contribution in [0.4, 0.5) is 5.69 Å².